The Morgan fingerprint density at radius 3 is 2.59 bits per heavy atom. The smallest absolute Gasteiger partial charge is 0.301 e. The third-order valence-corrected chi connectivity index (χ3v) is 4.47. The molecule has 0 saturated heterocycles. The van der Waals surface area contributed by atoms with Crippen LogP contribution in [0, 0.1) is 0 Å². The van der Waals surface area contributed by atoms with Crippen LogP contribution in [-0.4, -0.2) is 23.1 Å². The zero-order valence-corrected chi connectivity index (χ0v) is 13.1. The van der Waals surface area contributed by atoms with Crippen molar-refractivity contribution in [1.82, 2.24) is 10.2 Å². The maximum Gasteiger partial charge on any atom is 0.301 e. The molecule has 0 aliphatic rings. The molecule has 2 rings (SSSR count). The van der Waals surface area contributed by atoms with Crippen LogP contribution < -0.4 is 10.1 Å². The molecule has 1 heterocycles. The topological polar surface area (TPSA) is 47.0 Å². The molecule has 0 radical (unpaired) electrons. The first kappa shape index (κ1) is 16.6. The monoisotopic (exact) mass is 347 g/mol. The zero-order valence-electron chi connectivity index (χ0n) is 11.5. The van der Waals surface area contributed by atoms with Crippen LogP contribution in [0.3, 0.4) is 0 Å². The lowest BCUT2D eigenvalue weighted by Crippen LogP contribution is -1.89. The number of benzene rings is 1. The van der Waals surface area contributed by atoms with Gasteiger partial charge in [-0.3, -0.25) is 0 Å². The van der Waals surface area contributed by atoms with E-state index in [2.05, 4.69) is 15.5 Å². The predicted octanol–water partition coefficient (Wildman–Crippen LogP) is 4.85. The largest absolute Gasteiger partial charge is 0.497 e. The Balaban J connectivity index is 1.87. The summed E-state index contributed by atoms with van der Waals surface area (Å²) >= 11 is 2.45. The van der Waals surface area contributed by atoms with Crippen LogP contribution in [0.25, 0.3) is 0 Å². The van der Waals surface area contributed by atoms with Crippen molar-refractivity contribution >= 4 is 33.9 Å². The molecule has 0 amide bonds. The van der Waals surface area contributed by atoms with Crippen molar-refractivity contribution in [2.45, 2.75) is 10.8 Å². The zero-order chi connectivity index (χ0) is 15.9. The van der Waals surface area contributed by atoms with Crippen LogP contribution in [0.15, 0.2) is 40.5 Å². The van der Waals surface area contributed by atoms with Crippen LogP contribution in [0.2, 0.25) is 0 Å². The lowest BCUT2D eigenvalue weighted by molar-refractivity contribution is 0.373. The van der Waals surface area contributed by atoms with Gasteiger partial charge in [-0.1, -0.05) is 23.1 Å². The van der Waals surface area contributed by atoms with Gasteiger partial charge >= 0.3 is 6.08 Å². The molecule has 118 valence electrons. The number of nitrogens with zero attached hydrogens (tertiary/aromatic N) is 2. The van der Waals surface area contributed by atoms with Crippen molar-refractivity contribution in [2.24, 2.45) is 0 Å². The fourth-order valence-electron chi connectivity index (χ4n) is 1.44. The molecule has 0 saturated carbocycles. The minimum Gasteiger partial charge on any atom is -0.497 e. The van der Waals surface area contributed by atoms with Gasteiger partial charge in [0, 0.05) is 17.9 Å². The average Bonchev–Trinajstić information content (AvgIpc) is 2.95. The maximum absolute atomic E-state index is 12.6. The summed E-state index contributed by atoms with van der Waals surface area (Å²) in [7, 11) is 1.59. The fraction of sp³-hybridized carbons (Fsp3) is 0.231. The summed E-state index contributed by atoms with van der Waals surface area (Å²) in [6.07, 6.45) is -2.59. The van der Waals surface area contributed by atoms with Crippen LogP contribution in [0.4, 0.5) is 24.0 Å². The molecule has 0 atom stereocenters. The lowest BCUT2D eigenvalue weighted by atomic mass is 10.3. The number of anilines is 2. The molecule has 0 unspecified atom stereocenters. The van der Waals surface area contributed by atoms with E-state index in [0.717, 1.165) is 11.4 Å². The van der Waals surface area contributed by atoms with E-state index in [0.29, 0.717) is 9.47 Å². The second-order valence-corrected chi connectivity index (χ2v) is 6.31. The number of ether oxygens (including phenoxy) is 1. The van der Waals surface area contributed by atoms with E-state index in [1.165, 1.54) is 23.1 Å². The highest BCUT2D eigenvalue weighted by Gasteiger charge is 2.08. The number of aromatic nitrogens is 2. The Kier molecular flexibility index (Phi) is 6.08. The van der Waals surface area contributed by atoms with E-state index in [1.54, 1.807) is 19.2 Å². The van der Waals surface area contributed by atoms with E-state index >= 15 is 0 Å². The van der Waals surface area contributed by atoms with Gasteiger partial charge in [0.1, 0.15) is 5.75 Å². The number of rotatable bonds is 7. The number of thioether (sulfide) groups is 1. The molecular weight excluding hydrogens is 335 g/mol. The van der Waals surface area contributed by atoms with E-state index in [9.17, 15) is 13.2 Å². The molecule has 0 spiro atoms. The molecule has 0 aliphatic carbocycles. The first-order valence-electron chi connectivity index (χ1n) is 6.15. The summed E-state index contributed by atoms with van der Waals surface area (Å²) in [4.78, 5) is 0. The first-order valence-corrected chi connectivity index (χ1v) is 7.95. The summed E-state index contributed by atoms with van der Waals surface area (Å²) < 4.78 is 42.1. The minimum atomic E-state index is -2.26. The molecule has 4 nitrogen and oxygen atoms in total. The van der Waals surface area contributed by atoms with Crippen LogP contribution in [-0.2, 0) is 0 Å². The quantitative estimate of drug-likeness (QED) is 0.726. The van der Waals surface area contributed by atoms with Gasteiger partial charge in [-0.15, -0.1) is 10.2 Å². The Morgan fingerprint density at radius 2 is 1.95 bits per heavy atom. The molecule has 9 heteroatoms. The van der Waals surface area contributed by atoms with Gasteiger partial charge in [-0.2, -0.15) is 8.78 Å². The van der Waals surface area contributed by atoms with E-state index in [-0.39, 0.29) is 12.2 Å². The van der Waals surface area contributed by atoms with Crippen molar-refractivity contribution in [3.63, 3.8) is 0 Å². The Bertz CT molecular complexity index is 642. The number of hydrogen-bond donors (Lipinski definition) is 1. The highest BCUT2D eigenvalue weighted by Crippen LogP contribution is 2.29. The maximum atomic E-state index is 12.6. The highest BCUT2D eigenvalue weighted by atomic mass is 32.2. The molecule has 1 aromatic heterocycles. The van der Waals surface area contributed by atoms with Crippen molar-refractivity contribution in [1.29, 1.82) is 0 Å². The van der Waals surface area contributed by atoms with Crippen LogP contribution in [0.5, 0.6) is 5.75 Å². The fourth-order valence-corrected chi connectivity index (χ4v) is 3.21. The molecule has 22 heavy (non-hydrogen) atoms. The van der Waals surface area contributed by atoms with Gasteiger partial charge in [0.15, 0.2) is 10.2 Å². The normalized spacial score (nSPS) is 10.4. The summed E-state index contributed by atoms with van der Waals surface area (Å²) in [5.74, 6) is -0.455. The van der Waals surface area contributed by atoms with Crippen LogP contribution >= 0.6 is 23.1 Å². The molecule has 0 fully saturated rings. The third-order valence-electron chi connectivity index (χ3n) is 2.50. The molecule has 1 N–H and O–H groups in total. The molecule has 0 bridgehead atoms. The van der Waals surface area contributed by atoms with Crippen molar-refractivity contribution in [3.8, 4) is 5.75 Å². The summed E-state index contributed by atoms with van der Waals surface area (Å²) in [5, 5.41) is 11.5. The van der Waals surface area contributed by atoms with Gasteiger partial charge in [-0.25, -0.2) is 4.39 Å². The molecule has 0 aliphatic heterocycles. The van der Waals surface area contributed by atoms with Gasteiger partial charge < -0.3 is 10.1 Å². The number of methoxy groups -OCH3 is 1. The van der Waals surface area contributed by atoms with E-state index < -0.39 is 11.9 Å². The van der Waals surface area contributed by atoms with Crippen LogP contribution in [0.1, 0.15) is 6.42 Å². The third kappa shape index (κ3) is 4.92. The lowest BCUT2D eigenvalue weighted by Gasteiger charge is -2.03. The summed E-state index contributed by atoms with van der Waals surface area (Å²) in [6, 6.07) is 7.27. The Hall–Kier alpha value is -1.74. The van der Waals surface area contributed by atoms with E-state index in [1.807, 2.05) is 12.1 Å². The van der Waals surface area contributed by atoms with E-state index in [4.69, 9.17) is 4.74 Å². The van der Waals surface area contributed by atoms with Crippen molar-refractivity contribution in [3.05, 3.63) is 36.2 Å². The number of nitrogens with one attached hydrogen (secondary N) is 1. The standard InChI is InChI=1S/C13H12F3N3OS2/c1-20-9-4-2-8(3-5-9)17-12-18-19-13(22-12)21-7-6-10(14)11(15)16/h2-5H,6-7H2,1H3,(H,17,18). The second-order valence-electron chi connectivity index (χ2n) is 3.99. The van der Waals surface area contributed by atoms with Crippen molar-refractivity contribution < 1.29 is 17.9 Å². The number of halogens is 3. The van der Waals surface area contributed by atoms with Gasteiger partial charge in [-0.05, 0) is 24.3 Å². The van der Waals surface area contributed by atoms with Crippen molar-refractivity contribution in [2.75, 3.05) is 18.2 Å². The minimum absolute atomic E-state index is 0.181. The number of allylic oxidation sites excluding steroid dienone is 1. The SMILES string of the molecule is COc1ccc(Nc2nnc(SCCC(F)=C(F)F)s2)cc1. The number of hydrogen-bond acceptors (Lipinski definition) is 6. The highest BCUT2D eigenvalue weighted by molar-refractivity contribution is 8.01. The molecule has 1 aromatic carbocycles. The second kappa shape index (κ2) is 8.04. The first-order chi connectivity index (χ1) is 10.6. The Labute approximate surface area is 133 Å². The predicted molar refractivity (Wildman–Crippen MR) is 81.9 cm³/mol. The molecule has 2 aromatic rings. The molecular formula is C13H12F3N3OS2. The average molecular weight is 347 g/mol. The summed E-state index contributed by atoms with van der Waals surface area (Å²) in [5.41, 5.74) is 0.821. The Morgan fingerprint density at radius 1 is 1.23 bits per heavy atom. The van der Waals surface area contributed by atoms with Gasteiger partial charge in [0.2, 0.25) is 5.13 Å². The van der Waals surface area contributed by atoms with Gasteiger partial charge in [0.05, 0.1) is 7.11 Å². The summed E-state index contributed by atoms with van der Waals surface area (Å²) in [6.45, 7) is 0. The van der Waals surface area contributed by atoms with Gasteiger partial charge in [0.25, 0.3) is 0 Å².